The Morgan fingerprint density at radius 3 is 2.76 bits per heavy atom. The fourth-order valence-electron chi connectivity index (χ4n) is 5.02. The number of benzene rings is 2. The van der Waals surface area contributed by atoms with E-state index in [2.05, 4.69) is 26.5 Å². The normalized spacial score (nSPS) is 19.2. The van der Waals surface area contributed by atoms with Gasteiger partial charge in [0.1, 0.15) is 22.8 Å². The molecule has 0 aromatic heterocycles. The average Bonchev–Trinajstić information content (AvgIpc) is 2.79. The van der Waals surface area contributed by atoms with E-state index in [1.54, 1.807) is 0 Å². The van der Waals surface area contributed by atoms with Crippen molar-refractivity contribution in [3.63, 3.8) is 0 Å². The third-order valence-corrected chi connectivity index (χ3v) is 6.84. The minimum atomic E-state index is -0.463. The molecule has 4 heteroatoms. The molecule has 1 aliphatic carbocycles. The summed E-state index contributed by atoms with van der Waals surface area (Å²) < 4.78 is 11.8. The van der Waals surface area contributed by atoms with Crippen molar-refractivity contribution in [3.05, 3.63) is 82.6 Å². The summed E-state index contributed by atoms with van der Waals surface area (Å²) in [5.41, 5.74) is 4.17. The van der Waals surface area contributed by atoms with Crippen LogP contribution in [0.3, 0.4) is 0 Å². The van der Waals surface area contributed by atoms with Crippen molar-refractivity contribution in [2.24, 2.45) is 5.92 Å². The molecule has 0 amide bonds. The zero-order valence-corrected chi connectivity index (χ0v) is 19.7. The van der Waals surface area contributed by atoms with E-state index in [1.807, 2.05) is 36.4 Å². The number of fused-ring (bicyclic) bond motifs is 3. The van der Waals surface area contributed by atoms with Crippen LogP contribution in [0.15, 0.2) is 60.4 Å². The molecular weight excluding hydrogens is 412 g/mol. The second kappa shape index (κ2) is 10.3. The van der Waals surface area contributed by atoms with E-state index in [1.165, 1.54) is 5.57 Å². The molecular formula is C29H34O4. The largest absolute Gasteiger partial charge is 0.507 e. The van der Waals surface area contributed by atoms with E-state index < -0.39 is 5.97 Å². The van der Waals surface area contributed by atoms with E-state index in [0.29, 0.717) is 29.7 Å². The summed E-state index contributed by atoms with van der Waals surface area (Å²) in [5.74, 6) is 0.994. The summed E-state index contributed by atoms with van der Waals surface area (Å²) in [6, 6.07) is 11.9. The summed E-state index contributed by atoms with van der Waals surface area (Å²) in [7, 11) is 0. The van der Waals surface area contributed by atoms with Gasteiger partial charge < -0.3 is 14.6 Å². The molecule has 4 rings (SSSR count). The first kappa shape index (κ1) is 23.2. The van der Waals surface area contributed by atoms with Crippen LogP contribution >= 0.6 is 0 Å². The van der Waals surface area contributed by atoms with Gasteiger partial charge in [-0.2, -0.15) is 0 Å². The Morgan fingerprint density at radius 1 is 1.21 bits per heavy atom. The molecule has 1 N–H and O–H groups in total. The van der Waals surface area contributed by atoms with Gasteiger partial charge in [-0.1, -0.05) is 68.3 Å². The number of esters is 1. The van der Waals surface area contributed by atoms with E-state index >= 15 is 0 Å². The van der Waals surface area contributed by atoms with Crippen LogP contribution in [-0.2, 0) is 17.6 Å². The fraction of sp³-hybridized carbons (Fsp3) is 0.414. The highest BCUT2D eigenvalue weighted by Crippen LogP contribution is 2.52. The lowest BCUT2D eigenvalue weighted by atomic mass is 9.73. The molecule has 0 fully saturated rings. The predicted octanol–water partition coefficient (Wildman–Crippen LogP) is 6.87. The molecule has 0 saturated carbocycles. The highest BCUT2D eigenvalue weighted by atomic mass is 16.5. The molecule has 174 valence electrons. The maximum absolute atomic E-state index is 13.2. The summed E-state index contributed by atoms with van der Waals surface area (Å²) >= 11 is 0. The number of ether oxygens (including phenoxy) is 2. The van der Waals surface area contributed by atoms with Crippen LogP contribution < -0.4 is 4.74 Å². The minimum absolute atomic E-state index is 0.0113. The number of hydrogen-bond acceptors (Lipinski definition) is 4. The Bertz CT molecular complexity index is 1050. The maximum Gasteiger partial charge on any atom is 0.342 e. The molecule has 0 radical (unpaired) electrons. The standard InChI is InChI=1S/C29H34O4/c1-4-5-7-12-22-18-25-27(24-17-19(2)13-14-23(24)20(3)33-25)28(30)26(22)29(31)32-16-15-21-10-8-6-9-11-21/h6,8-11,17-18,23-24,30H,3-5,7,12-16H2,1-2H3. The molecule has 0 bridgehead atoms. The van der Waals surface area contributed by atoms with E-state index in [0.717, 1.165) is 49.0 Å². The second-order valence-corrected chi connectivity index (χ2v) is 9.25. The van der Waals surface area contributed by atoms with Crippen molar-refractivity contribution in [1.29, 1.82) is 0 Å². The van der Waals surface area contributed by atoms with Crippen molar-refractivity contribution in [3.8, 4) is 11.5 Å². The first-order valence-corrected chi connectivity index (χ1v) is 12.1. The zero-order chi connectivity index (χ0) is 23.4. The van der Waals surface area contributed by atoms with Crippen LogP contribution in [0, 0.1) is 5.92 Å². The molecule has 2 aliphatic rings. The van der Waals surface area contributed by atoms with Gasteiger partial charge in [0.05, 0.1) is 6.61 Å². The van der Waals surface area contributed by atoms with Gasteiger partial charge in [-0.05, 0) is 49.8 Å². The maximum atomic E-state index is 13.2. The van der Waals surface area contributed by atoms with Crippen molar-refractivity contribution in [2.75, 3.05) is 6.61 Å². The van der Waals surface area contributed by atoms with Gasteiger partial charge in [0.15, 0.2) is 0 Å². The third kappa shape index (κ3) is 5.00. The summed E-state index contributed by atoms with van der Waals surface area (Å²) in [5, 5.41) is 11.4. The fourth-order valence-corrected chi connectivity index (χ4v) is 5.02. The van der Waals surface area contributed by atoms with Crippen LogP contribution in [0.4, 0.5) is 0 Å². The zero-order valence-electron chi connectivity index (χ0n) is 19.7. The highest BCUT2D eigenvalue weighted by molar-refractivity contribution is 5.95. The number of phenols is 1. The second-order valence-electron chi connectivity index (χ2n) is 9.25. The Labute approximate surface area is 196 Å². The molecule has 33 heavy (non-hydrogen) atoms. The predicted molar refractivity (Wildman–Crippen MR) is 131 cm³/mol. The number of aryl methyl sites for hydroxylation is 1. The first-order valence-electron chi connectivity index (χ1n) is 12.1. The molecule has 2 aromatic rings. The number of carbonyl (C=O) groups is 1. The Kier molecular flexibility index (Phi) is 7.22. The number of rotatable bonds is 8. The van der Waals surface area contributed by atoms with E-state index in [4.69, 9.17) is 9.47 Å². The molecule has 1 heterocycles. The van der Waals surface area contributed by atoms with Crippen LogP contribution in [0.2, 0.25) is 0 Å². The van der Waals surface area contributed by atoms with Crippen LogP contribution in [0.25, 0.3) is 0 Å². The lowest BCUT2D eigenvalue weighted by Crippen LogP contribution is -2.26. The van der Waals surface area contributed by atoms with Gasteiger partial charge in [-0.25, -0.2) is 4.79 Å². The van der Waals surface area contributed by atoms with Crippen LogP contribution in [0.1, 0.15) is 78.9 Å². The lowest BCUT2D eigenvalue weighted by Gasteiger charge is -2.37. The van der Waals surface area contributed by atoms with Crippen molar-refractivity contribution < 1.29 is 19.4 Å². The molecule has 1 aliphatic heterocycles. The number of phenolic OH excluding ortho intramolecular Hbond substituents is 1. The van der Waals surface area contributed by atoms with Gasteiger partial charge in [0.25, 0.3) is 0 Å². The van der Waals surface area contributed by atoms with E-state index in [9.17, 15) is 9.90 Å². The number of hydrogen-bond donors (Lipinski definition) is 1. The summed E-state index contributed by atoms with van der Waals surface area (Å²) in [6.45, 7) is 8.69. The first-order chi connectivity index (χ1) is 16.0. The van der Waals surface area contributed by atoms with E-state index in [-0.39, 0.29) is 24.2 Å². The molecule has 2 atom stereocenters. The molecule has 2 unspecified atom stereocenters. The van der Waals surface area contributed by atoms with Crippen molar-refractivity contribution in [2.45, 2.75) is 64.7 Å². The Hall–Kier alpha value is -3.01. The SMILES string of the molecule is C=C1Oc2cc(CCCCC)c(C(=O)OCCc3ccccc3)c(O)c2C2C=C(C)CCC12. The number of carbonyl (C=O) groups excluding carboxylic acids is 1. The molecule has 4 nitrogen and oxygen atoms in total. The minimum Gasteiger partial charge on any atom is -0.507 e. The molecule has 2 aromatic carbocycles. The van der Waals surface area contributed by atoms with Gasteiger partial charge >= 0.3 is 5.97 Å². The van der Waals surface area contributed by atoms with Gasteiger partial charge in [-0.15, -0.1) is 0 Å². The van der Waals surface area contributed by atoms with Crippen LogP contribution in [-0.4, -0.2) is 17.7 Å². The smallest absolute Gasteiger partial charge is 0.342 e. The topological polar surface area (TPSA) is 55.8 Å². The lowest BCUT2D eigenvalue weighted by molar-refractivity contribution is 0.0504. The van der Waals surface area contributed by atoms with Crippen molar-refractivity contribution in [1.82, 2.24) is 0 Å². The monoisotopic (exact) mass is 446 g/mol. The van der Waals surface area contributed by atoms with Crippen molar-refractivity contribution >= 4 is 5.97 Å². The Morgan fingerprint density at radius 2 is 2.00 bits per heavy atom. The quantitative estimate of drug-likeness (QED) is 0.273. The van der Waals surface area contributed by atoms with Gasteiger partial charge in [0, 0.05) is 23.8 Å². The molecule has 0 saturated heterocycles. The molecule has 0 spiro atoms. The summed E-state index contributed by atoms with van der Waals surface area (Å²) in [6.07, 6.45) is 8.51. The Balaban J connectivity index is 1.66. The average molecular weight is 447 g/mol. The highest BCUT2D eigenvalue weighted by Gasteiger charge is 2.39. The van der Waals surface area contributed by atoms with Gasteiger partial charge in [-0.3, -0.25) is 0 Å². The summed E-state index contributed by atoms with van der Waals surface area (Å²) in [4.78, 5) is 13.2. The number of allylic oxidation sites excluding steroid dienone is 3. The third-order valence-electron chi connectivity index (χ3n) is 6.84. The van der Waals surface area contributed by atoms with Crippen LogP contribution in [0.5, 0.6) is 11.5 Å². The van der Waals surface area contributed by atoms with Gasteiger partial charge in [0.2, 0.25) is 0 Å². The number of unbranched alkanes of at least 4 members (excludes halogenated alkanes) is 2. The number of aromatic hydroxyl groups is 1.